The third-order valence-electron chi connectivity index (χ3n) is 4.60. The number of anilines is 1. The van der Waals surface area contributed by atoms with Crippen LogP contribution in [-0.4, -0.2) is 41.8 Å². The molecule has 0 saturated heterocycles. The summed E-state index contributed by atoms with van der Waals surface area (Å²) in [6.45, 7) is 0. The molecule has 1 aliphatic rings. The molecule has 1 aromatic heterocycles. The van der Waals surface area contributed by atoms with Gasteiger partial charge in [0.1, 0.15) is 10.8 Å². The van der Waals surface area contributed by atoms with E-state index >= 15 is 0 Å². The van der Waals surface area contributed by atoms with E-state index in [4.69, 9.17) is 4.74 Å². The molecule has 0 atom stereocenters. The molecule has 0 bridgehead atoms. The van der Waals surface area contributed by atoms with Crippen molar-refractivity contribution in [2.24, 2.45) is 0 Å². The zero-order chi connectivity index (χ0) is 20.5. The molecule has 0 unspecified atom stereocenters. The number of aromatic nitrogens is 1. The Hall–Kier alpha value is -3.52. The van der Waals surface area contributed by atoms with Crippen molar-refractivity contribution in [3.63, 3.8) is 0 Å². The van der Waals surface area contributed by atoms with E-state index in [1.807, 2.05) is 29.6 Å². The van der Waals surface area contributed by atoms with Gasteiger partial charge in [-0.1, -0.05) is 0 Å². The van der Waals surface area contributed by atoms with Gasteiger partial charge in [-0.2, -0.15) is 0 Å². The van der Waals surface area contributed by atoms with E-state index in [2.05, 4.69) is 10.3 Å². The number of nitrogens with one attached hydrogen (secondary N) is 1. The van der Waals surface area contributed by atoms with Crippen molar-refractivity contribution in [3.8, 4) is 16.3 Å². The minimum absolute atomic E-state index is 0.108. The highest BCUT2D eigenvalue weighted by Crippen LogP contribution is 2.27. The maximum absolute atomic E-state index is 12.4. The predicted molar refractivity (Wildman–Crippen MR) is 109 cm³/mol. The van der Waals surface area contributed by atoms with Gasteiger partial charge in [0.05, 0.1) is 30.4 Å². The molecule has 8 heteroatoms. The number of ether oxygens (including phenoxy) is 1. The standard InChI is InChI=1S/C21H17N3O4S/c1-24-20(26)16-8-5-13(9-17(16)21(24)27)22-18(25)10-14-11-29-19(23-14)12-3-6-15(28-2)7-4-12/h3-9,11H,10H2,1-2H3,(H,22,25). The number of imide groups is 1. The lowest BCUT2D eigenvalue weighted by molar-refractivity contribution is -0.115. The molecule has 29 heavy (non-hydrogen) atoms. The molecule has 0 saturated carbocycles. The summed E-state index contributed by atoms with van der Waals surface area (Å²) >= 11 is 1.46. The van der Waals surface area contributed by atoms with Crippen molar-refractivity contribution in [1.82, 2.24) is 9.88 Å². The van der Waals surface area contributed by atoms with Crippen LogP contribution in [0.25, 0.3) is 10.6 Å². The molecule has 0 radical (unpaired) electrons. The van der Waals surface area contributed by atoms with Crippen LogP contribution in [0.5, 0.6) is 5.75 Å². The summed E-state index contributed by atoms with van der Waals surface area (Å²) in [6, 6.07) is 12.3. The van der Waals surface area contributed by atoms with Crippen LogP contribution < -0.4 is 10.1 Å². The van der Waals surface area contributed by atoms with E-state index in [1.54, 1.807) is 19.2 Å². The molecule has 7 nitrogen and oxygen atoms in total. The average molecular weight is 407 g/mol. The number of nitrogens with zero attached hydrogens (tertiary/aromatic N) is 2. The van der Waals surface area contributed by atoms with Crippen molar-refractivity contribution in [2.75, 3.05) is 19.5 Å². The molecule has 4 rings (SSSR count). The monoisotopic (exact) mass is 407 g/mol. The highest BCUT2D eigenvalue weighted by Gasteiger charge is 2.32. The number of thiazole rings is 1. The highest BCUT2D eigenvalue weighted by atomic mass is 32.1. The van der Waals surface area contributed by atoms with Crippen molar-refractivity contribution < 1.29 is 19.1 Å². The maximum Gasteiger partial charge on any atom is 0.261 e. The Bertz CT molecular complexity index is 1120. The van der Waals surface area contributed by atoms with Crippen LogP contribution >= 0.6 is 11.3 Å². The third-order valence-corrected chi connectivity index (χ3v) is 5.54. The summed E-state index contributed by atoms with van der Waals surface area (Å²) in [5, 5.41) is 5.43. The van der Waals surface area contributed by atoms with Crippen LogP contribution in [0, 0.1) is 0 Å². The Balaban J connectivity index is 1.44. The van der Waals surface area contributed by atoms with E-state index in [0.717, 1.165) is 21.2 Å². The lowest BCUT2D eigenvalue weighted by Gasteiger charge is -2.05. The first-order valence-corrected chi connectivity index (χ1v) is 9.69. The van der Waals surface area contributed by atoms with Crippen molar-refractivity contribution in [1.29, 1.82) is 0 Å². The normalized spacial score (nSPS) is 12.8. The zero-order valence-corrected chi connectivity index (χ0v) is 16.6. The molecule has 3 aromatic rings. The van der Waals surface area contributed by atoms with Gasteiger partial charge in [0, 0.05) is 23.7 Å². The Labute approximate surface area is 170 Å². The molecular weight excluding hydrogens is 390 g/mol. The second kappa shape index (κ2) is 7.48. The van der Waals surface area contributed by atoms with Gasteiger partial charge in [-0.25, -0.2) is 4.98 Å². The van der Waals surface area contributed by atoms with Crippen LogP contribution in [0.1, 0.15) is 26.4 Å². The lowest BCUT2D eigenvalue weighted by Crippen LogP contribution is -2.24. The SMILES string of the molecule is COc1ccc(-c2nc(CC(=O)Nc3ccc4c(c3)C(=O)N(C)C4=O)cs2)cc1. The molecule has 1 aliphatic heterocycles. The number of amides is 3. The fourth-order valence-electron chi connectivity index (χ4n) is 3.06. The molecule has 1 N–H and O–H groups in total. The van der Waals surface area contributed by atoms with Crippen LogP contribution in [0.15, 0.2) is 47.8 Å². The molecule has 146 valence electrons. The number of carbonyl (C=O) groups excluding carboxylic acids is 3. The summed E-state index contributed by atoms with van der Waals surface area (Å²) in [7, 11) is 3.05. The minimum Gasteiger partial charge on any atom is -0.497 e. The topological polar surface area (TPSA) is 88.6 Å². The number of carbonyl (C=O) groups is 3. The first kappa shape index (κ1) is 18.8. The fourth-order valence-corrected chi connectivity index (χ4v) is 3.89. The Kier molecular flexibility index (Phi) is 4.85. The Morgan fingerprint density at radius 3 is 2.55 bits per heavy atom. The van der Waals surface area contributed by atoms with E-state index in [0.29, 0.717) is 22.5 Å². The van der Waals surface area contributed by atoms with Gasteiger partial charge in [0.2, 0.25) is 5.91 Å². The number of hydrogen-bond donors (Lipinski definition) is 1. The number of methoxy groups -OCH3 is 1. The quantitative estimate of drug-likeness (QED) is 0.656. The molecule has 0 fully saturated rings. The minimum atomic E-state index is -0.371. The molecule has 0 aliphatic carbocycles. The van der Waals surface area contributed by atoms with Gasteiger partial charge in [-0.15, -0.1) is 11.3 Å². The first-order valence-electron chi connectivity index (χ1n) is 8.81. The van der Waals surface area contributed by atoms with Crippen LogP contribution in [0.3, 0.4) is 0 Å². The van der Waals surface area contributed by atoms with Gasteiger partial charge in [0.15, 0.2) is 0 Å². The lowest BCUT2D eigenvalue weighted by atomic mass is 10.1. The highest BCUT2D eigenvalue weighted by molar-refractivity contribution is 7.13. The second-order valence-corrected chi connectivity index (χ2v) is 7.39. The summed E-state index contributed by atoms with van der Waals surface area (Å²) < 4.78 is 5.15. The van der Waals surface area contributed by atoms with E-state index < -0.39 is 0 Å². The molecular formula is C21H17N3O4S. The van der Waals surface area contributed by atoms with E-state index in [1.165, 1.54) is 24.5 Å². The maximum atomic E-state index is 12.4. The largest absolute Gasteiger partial charge is 0.497 e. The summed E-state index contributed by atoms with van der Waals surface area (Å²) in [6.07, 6.45) is 0.108. The second-order valence-electron chi connectivity index (χ2n) is 6.53. The Morgan fingerprint density at radius 2 is 1.83 bits per heavy atom. The fraction of sp³-hybridized carbons (Fsp3) is 0.143. The average Bonchev–Trinajstić information content (AvgIpc) is 3.27. The predicted octanol–water partition coefficient (Wildman–Crippen LogP) is 3.23. The summed E-state index contributed by atoms with van der Waals surface area (Å²) in [5.41, 5.74) is 2.72. The van der Waals surface area contributed by atoms with Crippen LogP contribution in [-0.2, 0) is 11.2 Å². The smallest absolute Gasteiger partial charge is 0.261 e. The van der Waals surface area contributed by atoms with Crippen molar-refractivity contribution in [3.05, 3.63) is 64.7 Å². The number of fused-ring (bicyclic) bond motifs is 1. The van der Waals surface area contributed by atoms with Gasteiger partial charge in [-0.05, 0) is 42.5 Å². The first-order chi connectivity index (χ1) is 14.0. The summed E-state index contributed by atoms with van der Waals surface area (Å²) in [4.78, 5) is 42.0. The third kappa shape index (κ3) is 3.62. The van der Waals surface area contributed by atoms with Gasteiger partial charge >= 0.3 is 0 Å². The van der Waals surface area contributed by atoms with E-state index in [9.17, 15) is 14.4 Å². The van der Waals surface area contributed by atoms with Gasteiger partial charge in [-0.3, -0.25) is 19.3 Å². The number of hydrogen-bond acceptors (Lipinski definition) is 6. The van der Waals surface area contributed by atoms with Crippen LogP contribution in [0.2, 0.25) is 0 Å². The number of benzene rings is 2. The van der Waals surface area contributed by atoms with Crippen molar-refractivity contribution >= 4 is 34.7 Å². The van der Waals surface area contributed by atoms with Gasteiger partial charge < -0.3 is 10.1 Å². The van der Waals surface area contributed by atoms with Crippen molar-refractivity contribution in [2.45, 2.75) is 6.42 Å². The van der Waals surface area contributed by atoms with Crippen LogP contribution in [0.4, 0.5) is 5.69 Å². The molecule has 2 heterocycles. The summed E-state index contributed by atoms with van der Waals surface area (Å²) in [5.74, 6) is -0.187. The van der Waals surface area contributed by atoms with Gasteiger partial charge in [0.25, 0.3) is 11.8 Å². The zero-order valence-electron chi connectivity index (χ0n) is 15.8. The molecule has 3 amide bonds. The Morgan fingerprint density at radius 1 is 1.10 bits per heavy atom. The molecule has 2 aromatic carbocycles. The van der Waals surface area contributed by atoms with E-state index in [-0.39, 0.29) is 24.1 Å². The number of rotatable bonds is 5. The molecule has 0 spiro atoms.